The summed E-state index contributed by atoms with van der Waals surface area (Å²) in [6.07, 6.45) is 0. The van der Waals surface area contributed by atoms with Crippen LogP contribution in [-0.4, -0.2) is 60.5 Å². The Morgan fingerprint density at radius 3 is 2.14 bits per heavy atom. The summed E-state index contributed by atoms with van der Waals surface area (Å²) in [4.78, 5) is 11.2. The summed E-state index contributed by atoms with van der Waals surface area (Å²) in [6, 6.07) is 10.5. The first kappa shape index (κ1) is 20.5. The molecule has 1 aliphatic heterocycles. The molecule has 10 heteroatoms. The van der Waals surface area contributed by atoms with Crippen LogP contribution in [0, 0.1) is 0 Å². The molecule has 0 unspecified atom stereocenters. The van der Waals surface area contributed by atoms with Crippen LogP contribution in [-0.2, 0) is 29.3 Å². The fourth-order valence-electron chi connectivity index (χ4n) is 2.76. The molecule has 0 N–H and O–H groups in total. The smallest absolute Gasteiger partial charge is 0.337 e. The number of hydrogen-bond acceptors (Lipinski definition) is 7. The normalized spacial score (nSPS) is 15.9. The van der Waals surface area contributed by atoms with Gasteiger partial charge in [0.1, 0.15) is 0 Å². The van der Waals surface area contributed by atoms with E-state index in [1.165, 1.54) is 53.9 Å². The minimum atomic E-state index is -3.96. The number of methoxy groups -OCH3 is 1. The lowest BCUT2D eigenvalue weighted by molar-refractivity contribution is 0.0600. The number of carbonyl (C=O) groups excluding carboxylic acids is 1. The highest BCUT2D eigenvalue weighted by atomic mass is 32.2. The van der Waals surface area contributed by atoms with E-state index in [2.05, 4.69) is 4.74 Å². The van der Waals surface area contributed by atoms with E-state index >= 15 is 0 Å². The van der Waals surface area contributed by atoms with Crippen LogP contribution in [0.4, 0.5) is 0 Å². The SMILES string of the molecule is COC(=O)c1ccc(S(=O)(=O)c2cccc(S(=O)(=O)N3CCOCC3)c2)cc1. The number of sulfone groups is 1. The summed E-state index contributed by atoms with van der Waals surface area (Å²) in [6.45, 7) is 1.02. The number of rotatable bonds is 5. The highest BCUT2D eigenvalue weighted by Crippen LogP contribution is 2.25. The molecule has 0 aromatic heterocycles. The number of ether oxygens (including phenoxy) is 2. The largest absolute Gasteiger partial charge is 0.465 e. The zero-order valence-electron chi connectivity index (χ0n) is 15.1. The van der Waals surface area contributed by atoms with E-state index in [1.54, 1.807) is 0 Å². The quantitative estimate of drug-likeness (QED) is 0.665. The van der Waals surface area contributed by atoms with Crippen molar-refractivity contribution in [2.75, 3.05) is 33.4 Å². The molecule has 1 saturated heterocycles. The molecular formula is C18H19NO7S2. The van der Waals surface area contributed by atoms with Crippen LogP contribution in [0.25, 0.3) is 0 Å². The van der Waals surface area contributed by atoms with Gasteiger partial charge in [0.25, 0.3) is 0 Å². The van der Waals surface area contributed by atoms with Crippen LogP contribution in [0.2, 0.25) is 0 Å². The topological polar surface area (TPSA) is 107 Å². The lowest BCUT2D eigenvalue weighted by Crippen LogP contribution is -2.40. The molecule has 3 rings (SSSR count). The number of sulfonamides is 1. The zero-order valence-corrected chi connectivity index (χ0v) is 16.7. The van der Waals surface area contributed by atoms with Crippen molar-refractivity contribution in [2.24, 2.45) is 0 Å². The summed E-state index contributed by atoms with van der Waals surface area (Å²) in [7, 11) is -6.55. The van der Waals surface area contributed by atoms with Crippen molar-refractivity contribution < 1.29 is 31.1 Å². The van der Waals surface area contributed by atoms with Crippen molar-refractivity contribution in [1.82, 2.24) is 4.31 Å². The van der Waals surface area contributed by atoms with Gasteiger partial charge in [-0.3, -0.25) is 0 Å². The molecular weight excluding hydrogens is 406 g/mol. The fourth-order valence-corrected chi connectivity index (χ4v) is 5.60. The van der Waals surface area contributed by atoms with Gasteiger partial charge in [0, 0.05) is 13.1 Å². The van der Waals surface area contributed by atoms with Gasteiger partial charge in [-0.05, 0) is 42.5 Å². The molecule has 0 atom stereocenters. The molecule has 2 aromatic rings. The van der Waals surface area contributed by atoms with Gasteiger partial charge in [0.2, 0.25) is 19.9 Å². The third kappa shape index (κ3) is 3.95. The highest BCUT2D eigenvalue weighted by Gasteiger charge is 2.28. The van der Waals surface area contributed by atoms with Crippen LogP contribution >= 0.6 is 0 Å². The van der Waals surface area contributed by atoms with Crippen LogP contribution in [0.5, 0.6) is 0 Å². The Kier molecular flexibility index (Phi) is 5.84. The molecule has 0 amide bonds. The molecule has 0 radical (unpaired) electrons. The lowest BCUT2D eigenvalue weighted by Gasteiger charge is -2.26. The van der Waals surface area contributed by atoms with Gasteiger partial charge in [-0.2, -0.15) is 4.31 Å². The summed E-state index contributed by atoms with van der Waals surface area (Å²) in [5, 5.41) is 0. The predicted molar refractivity (Wildman–Crippen MR) is 99.3 cm³/mol. The maximum Gasteiger partial charge on any atom is 0.337 e. The van der Waals surface area contributed by atoms with Gasteiger partial charge >= 0.3 is 5.97 Å². The van der Waals surface area contributed by atoms with Crippen molar-refractivity contribution >= 4 is 25.8 Å². The molecule has 0 spiro atoms. The third-order valence-corrected chi connectivity index (χ3v) is 7.97. The van der Waals surface area contributed by atoms with Crippen LogP contribution in [0.15, 0.2) is 63.2 Å². The molecule has 1 heterocycles. The van der Waals surface area contributed by atoms with Crippen LogP contribution in [0.1, 0.15) is 10.4 Å². The molecule has 28 heavy (non-hydrogen) atoms. The van der Waals surface area contributed by atoms with E-state index in [0.717, 1.165) is 6.07 Å². The molecule has 0 bridgehead atoms. The fraction of sp³-hybridized carbons (Fsp3) is 0.278. The van der Waals surface area contributed by atoms with E-state index in [4.69, 9.17) is 4.74 Å². The first-order valence-corrected chi connectivity index (χ1v) is 11.3. The summed E-state index contributed by atoms with van der Waals surface area (Å²) < 4.78 is 62.4. The first-order valence-electron chi connectivity index (χ1n) is 8.38. The van der Waals surface area contributed by atoms with Gasteiger partial charge < -0.3 is 9.47 Å². The number of hydrogen-bond donors (Lipinski definition) is 0. The van der Waals surface area contributed by atoms with Crippen LogP contribution in [0.3, 0.4) is 0 Å². The van der Waals surface area contributed by atoms with Gasteiger partial charge in [0.15, 0.2) is 0 Å². The van der Waals surface area contributed by atoms with Gasteiger partial charge in [-0.15, -0.1) is 0 Å². The average Bonchev–Trinajstić information content (AvgIpc) is 2.74. The van der Waals surface area contributed by atoms with E-state index in [-0.39, 0.29) is 33.3 Å². The third-order valence-electron chi connectivity index (χ3n) is 4.31. The first-order chi connectivity index (χ1) is 13.3. The maximum atomic E-state index is 12.9. The summed E-state index contributed by atoms with van der Waals surface area (Å²) in [5.74, 6) is -0.581. The molecule has 2 aromatic carbocycles. The van der Waals surface area contributed by atoms with Gasteiger partial charge in [0.05, 0.1) is 40.6 Å². The van der Waals surface area contributed by atoms with Crippen molar-refractivity contribution in [3.8, 4) is 0 Å². The monoisotopic (exact) mass is 425 g/mol. The number of carbonyl (C=O) groups is 1. The number of nitrogens with zero attached hydrogens (tertiary/aromatic N) is 1. The molecule has 8 nitrogen and oxygen atoms in total. The van der Waals surface area contributed by atoms with Gasteiger partial charge in [-0.25, -0.2) is 21.6 Å². The molecule has 1 aliphatic rings. The minimum Gasteiger partial charge on any atom is -0.465 e. The van der Waals surface area contributed by atoms with E-state index in [0.29, 0.717) is 13.2 Å². The standard InChI is InChI=1S/C18H19NO7S2/c1-25-18(20)14-5-7-15(8-6-14)27(21,22)16-3-2-4-17(13-16)28(23,24)19-9-11-26-12-10-19/h2-8,13H,9-12H2,1H3. The van der Waals surface area contributed by atoms with E-state index in [1.807, 2.05) is 0 Å². The molecule has 150 valence electrons. The van der Waals surface area contributed by atoms with Gasteiger partial charge in [-0.1, -0.05) is 6.07 Å². The van der Waals surface area contributed by atoms with Crippen molar-refractivity contribution in [1.29, 1.82) is 0 Å². The van der Waals surface area contributed by atoms with Crippen molar-refractivity contribution in [3.63, 3.8) is 0 Å². The second kappa shape index (κ2) is 8.00. The highest BCUT2D eigenvalue weighted by molar-refractivity contribution is 7.91. The lowest BCUT2D eigenvalue weighted by atomic mass is 10.2. The van der Waals surface area contributed by atoms with E-state index < -0.39 is 25.8 Å². The van der Waals surface area contributed by atoms with Crippen molar-refractivity contribution in [3.05, 3.63) is 54.1 Å². The Morgan fingerprint density at radius 1 is 0.929 bits per heavy atom. The Morgan fingerprint density at radius 2 is 1.54 bits per heavy atom. The number of morpholine rings is 1. The Labute approximate surface area is 163 Å². The Bertz CT molecular complexity index is 1070. The Hall–Kier alpha value is -2.27. The second-order valence-electron chi connectivity index (χ2n) is 6.01. The predicted octanol–water partition coefficient (Wildman–Crippen LogP) is 1.33. The molecule has 0 saturated carbocycles. The number of benzene rings is 2. The number of esters is 1. The Balaban J connectivity index is 1.95. The minimum absolute atomic E-state index is 0.0546. The summed E-state index contributed by atoms with van der Waals surface area (Å²) >= 11 is 0. The molecule has 1 fully saturated rings. The van der Waals surface area contributed by atoms with E-state index in [9.17, 15) is 21.6 Å². The zero-order chi connectivity index (χ0) is 20.4. The average molecular weight is 425 g/mol. The maximum absolute atomic E-state index is 12.9. The van der Waals surface area contributed by atoms with Crippen molar-refractivity contribution in [2.45, 2.75) is 14.7 Å². The molecule has 0 aliphatic carbocycles. The second-order valence-corrected chi connectivity index (χ2v) is 9.90. The van der Waals surface area contributed by atoms with Crippen LogP contribution < -0.4 is 0 Å². The summed E-state index contributed by atoms with van der Waals surface area (Å²) in [5.41, 5.74) is 0.213.